The van der Waals surface area contributed by atoms with Crippen LogP contribution in [0.25, 0.3) is 10.8 Å². The van der Waals surface area contributed by atoms with Gasteiger partial charge in [0, 0.05) is 19.2 Å². The van der Waals surface area contributed by atoms with E-state index in [-0.39, 0.29) is 0 Å². The number of phenolic OH excluding ortho intramolecular Hbond substituents is 2. The van der Waals surface area contributed by atoms with Gasteiger partial charge in [0.25, 0.3) is 46.2 Å². The molecule has 310 valence electrons. The second-order valence-electron chi connectivity index (χ2n) is 11.3. The number of azo groups is 3. The fourth-order valence-electron chi connectivity index (χ4n) is 4.86. The minimum absolute atomic E-state index is 0.337. The number of nitro groups is 1. The summed E-state index contributed by atoms with van der Waals surface area (Å²) in [5, 5.41) is 75.4. The van der Waals surface area contributed by atoms with Crippen molar-refractivity contribution in [1.29, 1.82) is 0 Å². The molecule has 4 aromatic carbocycles. The molecule has 5 rings (SSSR count). The monoisotopic (exact) mass is 901 g/mol. The first-order valence-electron chi connectivity index (χ1n) is 14.7. The molecule has 0 radical (unpaired) electrons. The van der Waals surface area contributed by atoms with Gasteiger partial charge in [-0.3, -0.25) is 28.3 Å². The number of phenols is 2. The number of nitro benzene ring substituents is 1. The number of hydrogen-bond acceptors (Lipinski definition) is 21. The summed E-state index contributed by atoms with van der Waals surface area (Å²) in [6.07, 6.45) is 0. The van der Waals surface area contributed by atoms with Crippen molar-refractivity contribution in [3.05, 3.63) is 64.3 Å². The first kappa shape index (κ1) is 43.2. The zero-order valence-electron chi connectivity index (χ0n) is 28.3. The highest BCUT2D eigenvalue weighted by molar-refractivity contribution is 7.86. The van der Waals surface area contributed by atoms with Crippen molar-refractivity contribution < 1.29 is 82.0 Å². The molecule has 0 saturated heterocycles. The minimum atomic E-state index is -5.53. The SMILES string of the molecule is Cn1nc(C(=O)O)c(N=Nc2ccc(N=Nc3c(S(=O)(=O)O)cc4cc(S(=O)(=O)O)c(N=Nc5ccc([N+](=O)[O-])cc5S(=O)(=O)O)c(O)c4c3O)c(S(=O)(=O)O)c2)c1O. The maximum atomic E-state index is 12.4. The molecule has 0 aliphatic carbocycles. The Morgan fingerprint density at radius 1 is 0.644 bits per heavy atom. The van der Waals surface area contributed by atoms with Gasteiger partial charge in [0.15, 0.2) is 17.2 Å². The van der Waals surface area contributed by atoms with Gasteiger partial charge < -0.3 is 20.4 Å². The molecule has 1 aromatic heterocycles. The van der Waals surface area contributed by atoms with Gasteiger partial charge >= 0.3 is 5.97 Å². The minimum Gasteiger partial charge on any atom is -0.505 e. The summed E-state index contributed by atoms with van der Waals surface area (Å²) in [5.41, 5.74) is -7.10. The number of nitrogens with zero attached hydrogens (tertiary/aromatic N) is 9. The highest BCUT2D eigenvalue weighted by Crippen LogP contribution is 2.50. The maximum Gasteiger partial charge on any atom is 0.358 e. The van der Waals surface area contributed by atoms with Crippen LogP contribution in [0.2, 0.25) is 0 Å². The standard InChI is InChI=1S/C27H19N9O19S4/c1-35-26(39)22(23(34-35)27(40)41)33-28-11-2-4-13(15(8-11)56(44,45)46)29-31-20-17(58(50,51)52)6-10-7-18(59(53,54)55)21(25(38)19(10)24(20)37)32-30-14-5-3-12(36(42)43)9-16(14)57(47,48)49/h2-9,37-39H,1H3,(H,40,41)(H,44,45,46)(H,47,48,49)(H,50,51,52)(H,53,54,55). The predicted octanol–water partition coefficient (Wildman–Crippen LogP) is 4.53. The molecular formula is C27H19N9O19S4. The van der Waals surface area contributed by atoms with Crippen LogP contribution in [-0.2, 0) is 47.5 Å². The van der Waals surface area contributed by atoms with Crippen LogP contribution in [0.15, 0.2) is 98.8 Å². The summed E-state index contributed by atoms with van der Waals surface area (Å²) < 4.78 is 138. The molecular weight excluding hydrogens is 883 g/mol. The first-order chi connectivity index (χ1) is 27.1. The van der Waals surface area contributed by atoms with E-state index in [2.05, 4.69) is 35.8 Å². The van der Waals surface area contributed by atoms with Gasteiger partial charge in [-0.2, -0.15) is 43.9 Å². The summed E-state index contributed by atoms with van der Waals surface area (Å²) in [6, 6.07) is 4.69. The van der Waals surface area contributed by atoms with Gasteiger partial charge in [0.1, 0.15) is 42.3 Å². The van der Waals surface area contributed by atoms with Crippen molar-refractivity contribution in [2.24, 2.45) is 37.7 Å². The number of aromatic hydroxyl groups is 3. The molecule has 0 aliphatic heterocycles. The van der Waals surface area contributed by atoms with E-state index in [9.17, 15) is 87.2 Å². The van der Waals surface area contributed by atoms with Crippen LogP contribution >= 0.6 is 0 Å². The smallest absolute Gasteiger partial charge is 0.358 e. The molecule has 0 aliphatic rings. The third-order valence-corrected chi connectivity index (χ3v) is 10.9. The second kappa shape index (κ2) is 15.1. The molecule has 28 nitrogen and oxygen atoms in total. The van der Waals surface area contributed by atoms with E-state index in [0.29, 0.717) is 36.4 Å². The third kappa shape index (κ3) is 8.82. The summed E-state index contributed by atoms with van der Waals surface area (Å²) in [6.45, 7) is 0. The zero-order valence-corrected chi connectivity index (χ0v) is 31.6. The summed E-state index contributed by atoms with van der Waals surface area (Å²) in [5.74, 6) is -5.35. The second-order valence-corrected chi connectivity index (χ2v) is 16.8. The van der Waals surface area contributed by atoms with E-state index in [1.807, 2.05) is 0 Å². The van der Waals surface area contributed by atoms with Crippen LogP contribution in [0.4, 0.5) is 39.8 Å². The van der Waals surface area contributed by atoms with Crippen molar-refractivity contribution in [2.45, 2.75) is 19.6 Å². The van der Waals surface area contributed by atoms with Crippen molar-refractivity contribution in [1.82, 2.24) is 9.78 Å². The Morgan fingerprint density at radius 2 is 1.08 bits per heavy atom. The fraction of sp³-hybridized carbons (Fsp3) is 0.0370. The Labute approximate surface area is 326 Å². The van der Waals surface area contributed by atoms with Crippen molar-refractivity contribution in [3.8, 4) is 17.4 Å². The molecule has 8 N–H and O–H groups in total. The van der Waals surface area contributed by atoms with E-state index in [0.717, 1.165) is 23.9 Å². The number of aromatic carboxylic acids is 1. The van der Waals surface area contributed by atoms with E-state index < -0.39 is 145 Å². The fourth-order valence-corrected chi connectivity index (χ4v) is 7.46. The van der Waals surface area contributed by atoms with E-state index in [4.69, 9.17) is 0 Å². The lowest BCUT2D eigenvalue weighted by molar-refractivity contribution is -0.385. The average molecular weight is 902 g/mol. The Bertz CT molecular complexity index is 3220. The molecule has 1 heterocycles. The average Bonchev–Trinajstić information content (AvgIpc) is 3.40. The Kier molecular flexibility index (Phi) is 11.1. The Balaban J connectivity index is 1.72. The van der Waals surface area contributed by atoms with Crippen molar-refractivity contribution >= 4 is 97.0 Å². The lowest BCUT2D eigenvalue weighted by Gasteiger charge is -2.13. The molecule has 0 saturated carbocycles. The van der Waals surface area contributed by atoms with E-state index >= 15 is 0 Å². The number of carbonyl (C=O) groups is 1. The molecule has 0 atom stereocenters. The number of fused-ring (bicyclic) bond motifs is 1. The number of non-ortho nitro benzene ring substituents is 1. The molecule has 0 spiro atoms. The Morgan fingerprint density at radius 3 is 1.53 bits per heavy atom. The van der Waals surface area contributed by atoms with Gasteiger partial charge in [-0.1, -0.05) is 0 Å². The van der Waals surface area contributed by atoms with Crippen LogP contribution in [-0.4, -0.2) is 93.0 Å². The molecule has 0 unspecified atom stereocenters. The third-order valence-electron chi connectivity index (χ3n) is 7.44. The predicted molar refractivity (Wildman–Crippen MR) is 190 cm³/mol. The quantitative estimate of drug-likeness (QED) is 0.0369. The molecule has 5 aromatic rings. The van der Waals surface area contributed by atoms with Gasteiger partial charge in [0.2, 0.25) is 11.6 Å². The van der Waals surface area contributed by atoms with Gasteiger partial charge in [-0.05, 0) is 41.8 Å². The van der Waals surface area contributed by atoms with Crippen molar-refractivity contribution in [2.75, 3.05) is 0 Å². The number of carboxylic acid groups (broad SMARTS) is 1. The first-order valence-corrected chi connectivity index (χ1v) is 20.5. The number of aryl methyl sites for hydroxylation is 1. The van der Waals surface area contributed by atoms with Crippen molar-refractivity contribution in [3.63, 3.8) is 0 Å². The molecule has 0 bridgehead atoms. The van der Waals surface area contributed by atoms with Gasteiger partial charge in [0.05, 0.1) is 16.0 Å². The summed E-state index contributed by atoms with van der Waals surface area (Å²) in [4.78, 5) is 16.4. The largest absolute Gasteiger partial charge is 0.505 e. The number of carboxylic acids is 1. The topological polar surface area (TPSA) is 451 Å². The number of rotatable bonds is 12. The van der Waals surface area contributed by atoms with Crippen LogP contribution in [0.1, 0.15) is 10.5 Å². The van der Waals surface area contributed by atoms with Crippen LogP contribution in [0, 0.1) is 10.1 Å². The molecule has 0 amide bonds. The molecule has 59 heavy (non-hydrogen) atoms. The van der Waals surface area contributed by atoms with E-state index in [1.54, 1.807) is 0 Å². The van der Waals surface area contributed by atoms with Gasteiger partial charge in [-0.15, -0.1) is 25.6 Å². The zero-order chi connectivity index (χ0) is 44.2. The lowest BCUT2D eigenvalue weighted by Crippen LogP contribution is -2.02. The number of aromatic nitrogens is 2. The lowest BCUT2D eigenvalue weighted by atomic mass is 10.1. The van der Waals surface area contributed by atoms with E-state index in [1.165, 1.54) is 0 Å². The number of hydrogen-bond donors (Lipinski definition) is 8. The number of benzene rings is 4. The highest BCUT2D eigenvalue weighted by atomic mass is 32.2. The summed E-state index contributed by atoms with van der Waals surface area (Å²) >= 11 is 0. The molecule has 0 fully saturated rings. The van der Waals surface area contributed by atoms with Gasteiger partial charge in [-0.25, -0.2) is 9.48 Å². The van der Waals surface area contributed by atoms with Crippen LogP contribution < -0.4 is 0 Å². The Hall–Kier alpha value is -6.94. The van der Waals surface area contributed by atoms with Crippen LogP contribution in [0.3, 0.4) is 0 Å². The summed E-state index contributed by atoms with van der Waals surface area (Å²) in [7, 11) is -20.5. The normalized spacial score (nSPS) is 13.0. The molecule has 32 heteroatoms. The van der Waals surface area contributed by atoms with Crippen LogP contribution in [0.5, 0.6) is 17.4 Å². The highest BCUT2D eigenvalue weighted by Gasteiger charge is 2.30. The maximum absolute atomic E-state index is 12.4.